The molecule has 122 valence electrons. The number of nitriles is 1. The number of benzene rings is 1. The molecule has 0 spiro atoms. The highest BCUT2D eigenvalue weighted by Gasteiger charge is 2.18. The molecule has 0 N–H and O–H groups in total. The van der Waals surface area contributed by atoms with Gasteiger partial charge in [-0.25, -0.2) is 4.39 Å². The number of halogens is 1. The van der Waals surface area contributed by atoms with Gasteiger partial charge >= 0.3 is 0 Å². The summed E-state index contributed by atoms with van der Waals surface area (Å²) in [7, 11) is 1.61. The van der Waals surface area contributed by atoms with Crippen LogP contribution in [-0.2, 0) is 11.3 Å². The molecule has 8 heteroatoms. The van der Waals surface area contributed by atoms with Gasteiger partial charge in [-0.2, -0.15) is 5.26 Å². The summed E-state index contributed by atoms with van der Waals surface area (Å²) >= 11 is 1.29. The second-order valence-electron chi connectivity index (χ2n) is 4.74. The van der Waals surface area contributed by atoms with Crippen LogP contribution in [0.5, 0.6) is 5.75 Å². The van der Waals surface area contributed by atoms with E-state index in [4.69, 9.17) is 14.7 Å². The number of methoxy groups -OCH3 is 1. The number of aromatic nitrogens is 3. The highest BCUT2D eigenvalue weighted by molar-refractivity contribution is 7.99. The summed E-state index contributed by atoms with van der Waals surface area (Å²) in [5, 5.41) is 17.5. The molecule has 0 aliphatic carbocycles. The quantitative estimate of drug-likeness (QED) is 0.690. The molecule has 1 aromatic carbocycles. The molecule has 0 saturated carbocycles. The van der Waals surface area contributed by atoms with Crippen molar-refractivity contribution in [3.8, 4) is 11.8 Å². The van der Waals surface area contributed by atoms with Gasteiger partial charge in [0.15, 0.2) is 22.5 Å². The second-order valence-corrected chi connectivity index (χ2v) is 5.68. The molecule has 0 aliphatic heterocycles. The van der Waals surface area contributed by atoms with Crippen LogP contribution in [-0.4, -0.2) is 34.2 Å². The van der Waals surface area contributed by atoms with Crippen LogP contribution in [0.3, 0.4) is 0 Å². The topological polar surface area (TPSA) is 73.0 Å². The zero-order valence-electron chi connectivity index (χ0n) is 12.9. The Morgan fingerprint density at radius 3 is 2.87 bits per heavy atom. The largest absolute Gasteiger partial charge is 0.483 e. The number of nitrogens with zero attached hydrogens (tertiary/aromatic N) is 4. The summed E-state index contributed by atoms with van der Waals surface area (Å²) in [4.78, 5) is 0. The van der Waals surface area contributed by atoms with Crippen molar-refractivity contribution in [3.63, 3.8) is 0 Å². The van der Waals surface area contributed by atoms with Gasteiger partial charge in [-0.15, -0.1) is 10.2 Å². The fourth-order valence-corrected chi connectivity index (χ4v) is 2.78. The van der Waals surface area contributed by atoms with E-state index in [1.807, 2.05) is 11.5 Å². The molecule has 6 nitrogen and oxygen atoms in total. The third-order valence-corrected chi connectivity index (χ3v) is 3.85. The zero-order chi connectivity index (χ0) is 16.7. The van der Waals surface area contributed by atoms with E-state index in [9.17, 15) is 4.39 Å². The third-order valence-electron chi connectivity index (χ3n) is 3.04. The van der Waals surface area contributed by atoms with E-state index >= 15 is 0 Å². The van der Waals surface area contributed by atoms with E-state index in [2.05, 4.69) is 16.3 Å². The Balaban J connectivity index is 2.18. The highest BCUT2D eigenvalue weighted by Crippen LogP contribution is 2.23. The first kappa shape index (κ1) is 17.2. The summed E-state index contributed by atoms with van der Waals surface area (Å²) in [6.07, 6.45) is 0. The van der Waals surface area contributed by atoms with Gasteiger partial charge in [-0.05, 0) is 19.1 Å². The second kappa shape index (κ2) is 8.50. The molecule has 0 aliphatic rings. The van der Waals surface area contributed by atoms with Gasteiger partial charge in [0.1, 0.15) is 6.61 Å². The molecule has 2 aromatic rings. The molecule has 1 heterocycles. The first-order valence-electron chi connectivity index (χ1n) is 6.97. The standard InChI is InChI=1S/C15H17FN4O2S/c1-11(9-21-2)20-14(18-19-15(20)23-8-7-17)10-22-13-6-4-3-5-12(13)16/h3-6,11H,8-10H2,1-2H3. The van der Waals surface area contributed by atoms with Crippen LogP contribution in [0, 0.1) is 17.1 Å². The van der Waals surface area contributed by atoms with Crippen molar-refractivity contribution in [2.45, 2.75) is 24.7 Å². The van der Waals surface area contributed by atoms with E-state index in [0.717, 1.165) is 0 Å². The molecular formula is C15H17FN4O2S. The molecule has 2 rings (SSSR count). The van der Waals surface area contributed by atoms with Gasteiger partial charge in [-0.1, -0.05) is 23.9 Å². The number of hydrogen-bond donors (Lipinski definition) is 0. The third kappa shape index (κ3) is 4.43. The maximum absolute atomic E-state index is 13.6. The number of para-hydroxylation sites is 1. The molecule has 0 radical (unpaired) electrons. The molecular weight excluding hydrogens is 319 g/mol. The minimum atomic E-state index is -0.428. The van der Waals surface area contributed by atoms with Crippen molar-refractivity contribution >= 4 is 11.8 Å². The van der Waals surface area contributed by atoms with E-state index in [1.54, 1.807) is 25.3 Å². The first-order valence-corrected chi connectivity index (χ1v) is 7.95. The maximum atomic E-state index is 13.6. The Hall–Kier alpha value is -2.11. The number of rotatable bonds is 8. The van der Waals surface area contributed by atoms with Crippen LogP contribution < -0.4 is 4.74 Å². The molecule has 0 saturated heterocycles. The fourth-order valence-electron chi connectivity index (χ4n) is 2.06. The van der Waals surface area contributed by atoms with Gasteiger partial charge in [0, 0.05) is 7.11 Å². The van der Waals surface area contributed by atoms with Crippen molar-refractivity contribution in [2.24, 2.45) is 0 Å². The predicted octanol–water partition coefficient (Wildman–Crippen LogP) is 2.82. The van der Waals surface area contributed by atoms with Gasteiger partial charge < -0.3 is 9.47 Å². The monoisotopic (exact) mass is 336 g/mol. The molecule has 0 amide bonds. The molecule has 0 fully saturated rings. The van der Waals surface area contributed by atoms with Crippen LogP contribution in [0.25, 0.3) is 0 Å². The minimum absolute atomic E-state index is 0.0320. The molecule has 1 atom stereocenters. The van der Waals surface area contributed by atoms with Crippen LogP contribution in [0.4, 0.5) is 4.39 Å². The van der Waals surface area contributed by atoms with Crippen LogP contribution in [0.15, 0.2) is 29.4 Å². The number of hydrogen-bond acceptors (Lipinski definition) is 6. The van der Waals surface area contributed by atoms with Crippen molar-refractivity contribution in [1.82, 2.24) is 14.8 Å². The van der Waals surface area contributed by atoms with Crippen LogP contribution in [0.2, 0.25) is 0 Å². The Morgan fingerprint density at radius 1 is 1.39 bits per heavy atom. The summed E-state index contributed by atoms with van der Waals surface area (Å²) in [5.74, 6) is 0.555. The average molecular weight is 336 g/mol. The normalized spacial score (nSPS) is 11.9. The molecule has 1 unspecified atom stereocenters. The van der Waals surface area contributed by atoms with Gasteiger partial charge in [0.25, 0.3) is 0 Å². The number of ether oxygens (including phenoxy) is 2. The highest BCUT2D eigenvalue weighted by atomic mass is 32.2. The van der Waals surface area contributed by atoms with Crippen LogP contribution in [0.1, 0.15) is 18.8 Å². The van der Waals surface area contributed by atoms with Crippen LogP contribution >= 0.6 is 11.8 Å². The Morgan fingerprint density at radius 2 is 2.17 bits per heavy atom. The summed E-state index contributed by atoms with van der Waals surface area (Å²) in [6, 6.07) is 8.22. The SMILES string of the molecule is COCC(C)n1c(COc2ccccc2F)nnc1SCC#N. The fraction of sp³-hybridized carbons (Fsp3) is 0.400. The molecule has 0 bridgehead atoms. The number of thioether (sulfide) groups is 1. The van der Waals surface area contributed by atoms with E-state index in [-0.39, 0.29) is 24.2 Å². The van der Waals surface area contributed by atoms with Gasteiger partial charge in [0.05, 0.1) is 24.5 Å². The van der Waals surface area contributed by atoms with E-state index in [1.165, 1.54) is 17.8 Å². The lowest BCUT2D eigenvalue weighted by Gasteiger charge is -2.17. The van der Waals surface area contributed by atoms with Crippen molar-refractivity contribution in [2.75, 3.05) is 19.5 Å². The van der Waals surface area contributed by atoms with Crippen molar-refractivity contribution in [1.29, 1.82) is 5.26 Å². The Labute approximate surface area is 138 Å². The lowest BCUT2D eigenvalue weighted by atomic mass is 10.3. The average Bonchev–Trinajstić information content (AvgIpc) is 2.95. The smallest absolute Gasteiger partial charge is 0.192 e. The first-order chi connectivity index (χ1) is 11.2. The summed E-state index contributed by atoms with van der Waals surface area (Å²) in [6.45, 7) is 2.50. The Bertz CT molecular complexity index is 686. The van der Waals surface area contributed by atoms with Crippen molar-refractivity contribution < 1.29 is 13.9 Å². The van der Waals surface area contributed by atoms with Gasteiger partial charge in [-0.3, -0.25) is 4.57 Å². The predicted molar refractivity (Wildman–Crippen MR) is 83.7 cm³/mol. The van der Waals surface area contributed by atoms with E-state index < -0.39 is 5.82 Å². The van der Waals surface area contributed by atoms with Gasteiger partial charge in [0.2, 0.25) is 0 Å². The molecule has 1 aromatic heterocycles. The summed E-state index contributed by atoms with van der Waals surface area (Å²) in [5.41, 5.74) is 0. The minimum Gasteiger partial charge on any atom is -0.483 e. The lowest BCUT2D eigenvalue weighted by Crippen LogP contribution is -2.16. The zero-order valence-corrected chi connectivity index (χ0v) is 13.7. The van der Waals surface area contributed by atoms with E-state index in [0.29, 0.717) is 17.6 Å². The Kier molecular flexibility index (Phi) is 6.38. The lowest BCUT2D eigenvalue weighted by molar-refractivity contribution is 0.154. The summed E-state index contributed by atoms with van der Waals surface area (Å²) < 4.78 is 26.1. The van der Waals surface area contributed by atoms with Crippen molar-refractivity contribution in [3.05, 3.63) is 35.9 Å². The maximum Gasteiger partial charge on any atom is 0.192 e. The molecule has 23 heavy (non-hydrogen) atoms.